The van der Waals surface area contributed by atoms with Crippen molar-refractivity contribution in [3.63, 3.8) is 0 Å². The lowest BCUT2D eigenvalue weighted by Gasteiger charge is -2.32. The van der Waals surface area contributed by atoms with Gasteiger partial charge in [-0.3, -0.25) is 9.78 Å². The minimum Gasteiger partial charge on any atom is -0.616 e. The first kappa shape index (κ1) is 19.6. The highest BCUT2D eigenvalue weighted by Gasteiger charge is 2.48. The summed E-state index contributed by atoms with van der Waals surface area (Å²) >= 11 is 11.4. The van der Waals surface area contributed by atoms with Crippen LogP contribution in [0.4, 0.5) is 0 Å². The number of carbonyl (C=O) groups excluding carboxylic acids is 1. The van der Waals surface area contributed by atoms with Crippen LogP contribution in [0.3, 0.4) is 0 Å². The zero-order valence-corrected chi connectivity index (χ0v) is 17.3. The van der Waals surface area contributed by atoms with E-state index < -0.39 is 17.0 Å². The minimum atomic E-state index is -0.911. The van der Waals surface area contributed by atoms with Crippen LogP contribution in [0.15, 0.2) is 24.5 Å². The van der Waals surface area contributed by atoms with E-state index in [1.165, 1.54) is 19.5 Å². The van der Waals surface area contributed by atoms with Gasteiger partial charge in [-0.15, -0.1) is 0 Å². The van der Waals surface area contributed by atoms with E-state index in [1.807, 2.05) is 0 Å². The number of hydrogen-bond acceptors (Lipinski definition) is 6. The summed E-state index contributed by atoms with van der Waals surface area (Å²) < 4.78 is 29.3. The smallest absolute Gasteiger partial charge is 0.260 e. The molecule has 2 aromatic rings. The molecule has 1 aromatic carbocycles. The van der Waals surface area contributed by atoms with E-state index >= 15 is 0 Å². The quantitative estimate of drug-likeness (QED) is 0.529. The largest absolute Gasteiger partial charge is 0.616 e. The molecule has 1 fully saturated rings. The van der Waals surface area contributed by atoms with Crippen molar-refractivity contribution >= 4 is 40.2 Å². The van der Waals surface area contributed by atoms with Crippen LogP contribution in [-0.4, -0.2) is 39.7 Å². The maximum Gasteiger partial charge on any atom is 0.260 e. The first-order valence-electron chi connectivity index (χ1n) is 8.67. The molecule has 0 radical (unpaired) electrons. The molecule has 2 aliphatic heterocycles. The molecule has 9 heteroatoms. The monoisotopic (exact) mass is 441 g/mol. The lowest BCUT2D eigenvalue weighted by Crippen LogP contribution is -2.46. The van der Waals surface area contributed by atoms with E-state index in [9.17, 15) is 9.35 Å². The fourth-order valence-electron chi connectivity index (χ4n) is 3.35. The zero-order valence-electron chi connectivity index (χ0n) is 15.0. The Morgan fingerprint density at radius 3 is 2.50 bits per heavy atom. The van der Waals surface area contributed by atoms with Crippen molar-refractivity contribution in [1.82, 2.24) is 4.98 Å². The number of halogens is 2. The molecule has 1 aromatic heterocycles. The van der Waals surface area contributed by atoms with Gasteiger partial charge < -0.3 is 18.8 Å². The molecule has 6 nitrogen and oxygen atoms in total. The summed E-state index contributed by atoms with van der Waals surface area (Å²) in [6.45, 7) is 0. The van der Waals surface area contributed by atoms with Crippen molar-refractivity contribution in [1.29, 1.82) is 0 Å². The second-order valence-corrected chi connectivity index (χ2v) is 9.13. The fourth-order valence-corrected chi connectivity index (χ4v) is 5.13. The van der Waals surface area contributed by atoms with Crippen LogP contribution in [0.25, 0.3) is 0 Å². The number of methoxy groups -OCH3 is 1. The number of pyridine rings is 1. The summed E-state index contributed by atoms with van der Waals surface area (Å²) in [5.74, 6) is 1.07. The Morgan fingerprint density at radius 2 is 1.86 bits per heavy atom. The van der Waals surface area contributed by atoms with Gasteiger partial charge in [0.1, 0.15) is 11.5 Å². The maximum absolute atomic E-state index is 13.0. The van der Waals surface area contributed by atoms with Gasteiger partial charge in [0.25, 0.3) is 5.79 Å². The van der Waals surface area contributed by atoms with Crippen LogP contribution in [0.1, 0.15) is 28.8 Å². The molecule has 1 spiro atoms. The van der Waals surface area contributed by atoms with Crippen molar-refractivity contribution in [2.24, 2.45) is 0 Å². The molecule has 2 aliphatic rings. The van der Waals surface area contributed by atoms with Crippen LogP contribution in [0, 0.1) is 0 Å². The lowest BCUT2D eigenvalue weighted by molar-refractivity contribution is -0.0863. The van der Waals surface area contributed by atoms with E-state index in [1.54, 1.807) is 12.1 Å². The average molecular weight is 442 g/mol. The highest BCUT2D eigenvalue weighted by atomic mass is 35.5. The molecule has 28 heavy (non-hydrogen) atoms. The summed E-state index contributed by atoms with van der Waals surface area (Å²) in [5.41, 5.74) is 0.873. The van der Waals surface area contributed by atoms with E-state index in [4.69, 9.17) is 37.4 Å². The van der Waals surface area contributed by atoms with Crippen LogP contribution in [-0.2, 0) is 17.6 Å². The molecule has 0 unspecified atom stereocenters. The predicted molar refractivity (Wildman–Crippen MR) is 106 cm³/mol. The number of nitrogens with zero attached hydrogens (tertiary/aromatic N) is 1. The Balaban J connectivity index is 1.67. The molecular formula is C19H17Cl2NO5S. The van der Waals surface area contributed by atoms with Crippen molar-refractivity contribution in [2.45, 2.75) is 25.0 Å². The van der Waals surface area contributed by atoms with Crippen LogP contribution >= 0.6 is 23.2 Å². The van der Waals surface area contributed by atoms with Crippen molar-refractivity contribution in [3.05, 3.63) is 45.7 Å². The van der Waals surface area contributed by atoms with Crippen molar-refractivity contribution in [2.75, 3.05) is 18.6 Å². The molecular weight excluding hydrogens is 425 g/mol. The molecule has 148 valence electrons. The number of hydrogen-bond donors (Lipinski definition) is 0. The van der Waals surface area contributed by atoms with Gasteiger partial charge in [0.15, 0.2) is 17.3 Å². The average Bonchev–Trinajstić information content (AvgIpc) is 3.05. The van der Waals surface area contributed by atoms with Crippen LogP contribution in [0.2, 0.25) is 10.0 Å². The molecule has 1 saturated heterocycles. The topological polar surface area (TPSA) is 80.7 Å². The zero-order chi connectivity index (χ0) is 19.9. The standard InChI is InChI=1S/C19H17Cl2NO5S/c1-25-16-3-2-11(15(23)8-12-13(20)9-22-10-14(12)21)17-18(16)27-19(26-17)4-6-28(24)7-5-19/h2-3,9-10H,4-8H2,1H3. The summed E-state index contributed by atoms with van der Waals surface area (Å²) in [6.07, 6.45) is 3.86. The van der Waals surface area contributed by atoms with E-state index in [-0.39, 0.29) is 12.2 Å². The van der Waals surface area contributed by atoms with Gasteiger partial charge in [-0.2, -0.15) is 0 Å². The Kier molecular flexibility index (Phi) is 5.35. The number of benzene rings is 1. The second-order valence-electron chi connectivity index (χ2n) is 6.62. The first-order chi connectivity index (χ1) is 13.4. The van der Waals surface area contributed by atoms with Gasteiger partial charge >= 0.3 is 0 Å². The number of Topliss-reactive ketones (excluding diaryl/α,β-unsaturated/α-hetero) is 1. The summed E-state index contributed by atoms with van der Waals surface area (Å²) in [6, 6.07) is 3.32. The van der Waals surface area contributed by atoms with E-state index in [2.05, 4.69) is 4.98 Å². The van der Waals surface area contributed by atoms with Crippen molar-refractivity contribution < 1.29 is 23.6 Å². The third-order valence-electron chi connectivity index (χ3n) is 4.88. The van der Waals surface area contributed by atoms with Crippen molar-refractivity contribution in [3.8, 4) is 17.2 Å². The lowest BCUT2D eigenvalue weighted by atomic mass is 10.0. The normalized spacial score (nSPS) is 23.1. The van der Waals surface area contributed by atoms with Gasteiger partial charge in [-0.25, -0.2) is 0 Å². The molecule has 3 heterocycles. The molecule has 0 bridgehead atoms. The maximum atomic E-state index is 13.0. The van der Waals surface area contributed by atoms with E-state index in [0.717, 1.165) is 0 Å². The molecule has 4 rings (SSSR count). The fraction of sp³-hybridized carbons (Fsp3) is 0.368. The van der Waals surface area contributed by atoms with Gasteiger partial charge in [-0.1, -0.05) is 34.4 Å². The van der Waals surface area contributed by atoms with E-state index in [0.29, 0.717) is 62.8 Å². The number of aromatic nitrogens is 1. The molecule has 0 saturated carbocycles. The Morgan fingerprint density at radius 1 is 1.21 bits per heavy atom. The molecule has 0 aliphatic carbocycles. The second kappa shape index (κ2) is 7.63. The Labute approximate surface area is 175 Å². The molecule has 0 atom stereocenters. The third-order valence-corrected chi connectivity index (χ3v) is 6.85. The SMILES string of the molecule is COc1ccc(C(=O)Cc2c(Cl)cncc2Cl)c2c1OC1(CC[S+]([O-])CC1)O2. The third kappa shape index (κ3) is 3.52. The van der Waals surface area contributed by atoms with Gasteiger partial charge in [0.2, 0.25) is 5.75 Å². The van der Waals surface area contributed by atoms with Gasteiger partial charge in [-0.05, 0) is 12.1 Å². The predicted octanol–water partition coefficient (Wildman–Crippen LogP) is 3.83. The van der Waals surface area contributed by atoms with Gasteiger partial charge in [0, 0.05) is 24.4 Å². The van der Waals surface area contributed by atoms with Gasteiger partial charge in [0.05, 0.1) is 35.6 Å². The first-order valence-corrected chi connectivity index (χ1v) is 10.9. The Bertz CT molecular complexity index is 911. The summed E-state index contributed by atoms with van der Waals surface area (Å²) in [7, 11) is 1.53. The summed E-state index contributed by atoms with van der Waals surface area (Å²) in [4.78, 5) is 16.9. The van der Waals surface area contributed by atoms with Crippen LogP contribution < -0.4 is 14.2 Å². The highest BCUT2D eigenvalue weighted by molar-refractivity contribution is 7.91. The molecule has 0 N–H and O–H groups in total. The number of fused-ring (bicyclic) bond motifs is 1. The Hall–Kier alpha value is -1.67. The van der Waals surface area contributed by atoms with Crippen LogP contribution in [0.5, 0.6) is 17.2 Å². The number of ketones is 1. The number of rotatable bonds is 4. The minimum absolute atomic E-state index is 0.000662. The highest BCUT2D eigenvalue weighted by Crippen LogP contribution is 2.51. The number of carbonyl (C=O) groups is 1. The summed E-state index contributed by atoms with van der Waals surface area (Å²) in [5, 5.41) is 0.656. The molecule has 0 amide bonds. The number of ether oxygens (including phenoxy) is 3.